The maximum Gasteiger partial charge on any atom is 0.233 e. The number of methoxy groups -OCH3 is 1. The van der Waals surface area contributed by atoms with E-state index in [1.807, 2.05) is 24.3 Å². The number of ether oxygens (including phenoxy) is 2. The molecule has 108 valence electrons. The van der Waals surface area contributed by atoms with Gasteiger partial charge in [0.05, 0.1) is 12.0 Å². The molecule has 0 N–H and O–H groups in total. The molecule has 2 heterocycles. The summed E-state index contributed by atoms with van der Waals surface area (Å²) in [6, 6.07) is 11.5. The molecule has 0 spiro atoms. The summed E-state index contributed by atoms with van der Waals surface area (Å²) < 4.78 is 23.4. The largest absolute Gasteiger partial charge is 0.497 e. The predicted octanol–water partition coefficient (Wildman–Crippen LogP) is 3.72. The molecule has 0 bridgehead atoms. The van der Waals surface area contributed by atoms with Crippen molar-refractivity contribution in [1.82, 2.24) is 10.2 Å². The molecule has 3 rings (SSSR count). The fraction of sp³-hybridized carbons (Fsp3) is 0.200. The van der Waals surface area contributed by atoms with Gasteiger partial charge in [0.1, 0.15) is 24.7 Å². The van der Waals surface area contributed by atoms with E-state index < -0.39 is 6.67 Å². The second-order valence-corrected chi connectivity index (χ2v) is 5.39. The third kappa shape index (κ3) is 2.95. The van der Waals surface area contributed by atoms with E-state index in [0.29, 0.717) is 5.88 Å². The van der Waals surface area contributed by atoms with Crippen LogP contribution < -0.4 is 9.47 Å². The third-order valence-corrected chi connectivity index (χ3v) is 4.07. The quantitative estimate of drug-likeness (QED) is 0.720. The highest BCUT2D eigenvalue weighted by atomic mass is 32.1. The van der Waals surface area contributed by atoms with Crippen LogP contribution >= 0.6 is 11.3 Å². The molecule has 2 aromatic heterocycles. The van der Waals surface area contributed by atoms with Gasteiger partial charge in [0.15, 0.2) is 0 Å². The summed E-state index contributed by atoms with van der Waals surface area (Å²) in [7, 11) is 1.65. The van der Waals surface area contributed by atoms with Crippen molar-refractivity contribution in [1.29, 1.82) is 0 Å². The van der Waals surface area contributed by atoms with Crippen LogP contribution in [0.25, 0.3) is 20.7 Å². The molecule has 0 fully saturated rings. The Morgan fingerprint density at radius 2 is 2.05 bits per heavy atom. The summed E-state index contributed by atoms with van der Waals surface area (Å²) in [5.74, 6) is 1.16. The third-order valence-electron chi connectivity index (χ3n) is 2.95. The van der Waals surface area contributed by atoms with E-state index in [9.17, 15) is 4.39 Å². The lowest BCUT2D eigenvalue weighted by Gasteiger charge is -2.01. The summed E-state index contributed by atoms with van der Waals surface area (Å²) in [4.78, 5) is 1.02. The van der Waals surface area contributed by atoms with Crippen LogP contribution in [0.3, 0.4) is 0 Å². The summed E-state index contributed by atoms with van der Waals surface area (Å²) in [5, 5.41) is 9.20. The molecular weight excluding hydrogens is 291 g/mol. The number of aromatic nitrogens is 2. The molecule has 3 aromatic rings. The Bertz CT molecular complexity index is 743. The highest BCUT2D eigenvalue weighted by molar-refractivity contribution is 7.22. The number of benzene rings is 1. The van der Waals surface area contributed by atoms with Gasteiger partial charge in [-0.1, -0.05) is 0 Å². The Balaban J connectivity index is 1.89. The van der Waals surface area contributed by atoms with Gasteiger partial charge in [0, 0.05) is 10.8 Å². The van der Waals surface area contributed by atoms with E-state index in [2.05, 4.69) is 16.3 Å². The smallest absolute Gasteiger partial charge is 0.233 e. The maximum absolute atomic E-state index is 12.0. The van der Waals surface area contributed by atoms with Crippen molar-refractivity contribution in [2.45, 2.75) is 0 Å². The molecule has 0 unspecified atom stereocenters. The van der Waals surface area contributed by atoms with Gasteiger partial charge in [-0.25, -0.2) is 4.39 Å². The molecule has 1 aromatic carbocycles. The molecular formula is C15H13FN2O2S. The van der Waals surface area contributed by atoms with Gasteiger partial charge in [0.25, 0.3) is 0 Å². The van der Waals surface area contributed by atoms with Gasteiger partial charge in [0.2, 0.25) is 5.88 Å². The number of nitrogens with zero attached hydrogens (tertiary/aromatic N) is 2. The first-order valence-electron chi connectivity index (χ1n) is 6.40. The number of fused-ring (bicyclic) bond motifs is 1. The molecule has 0 aliphatic rings. The first-order chi connectivity index (χ1) is 10.3. The van der Waals surface area contributed by atoms with E-state index in [1.54, 1.807) is 24.5 Å². The highest BCUT2D eigenvalue weighted by Crippen LogP contribution is 2.34. The van der Waals surface area contributed by atoms with Crippen molar-refractivity contribution in [3.05, 3.63) is 36.4 Å². The minimum absolute atomic E-state index is 0.00326. The number of thiophene rings is 1. The lowest BCUT2D eigenvalue weighted by Crippen LogP contribution is -2.01. The van der Waals surface area contributed by atoms with E-state index >= 15 is 0 Å². The number of halogens is 1. The van der Waals surface area contributed by atoms with Gasteiger partial charge in [-0.3, -0.25) is 0 Å². The second kappa shape index (κ2) is 6.05. The zero-order valence-electron chi connectivity index (χ0n) is 11.4. The molecule has 0 aliphatic carbocycles. The minimum Gasteiger partial charge on any atom is -0.497 e. The van der Waals surface area contributed by atoms with Crippen molar-refractivity contribution in [3.8, 4) is 22.2 Å². The van der Waals surface area contributed by atoms with Crippen molar-refractivity contribution in [2.75, 3.05) is 20.4 Å². The number of hydrogen-bond acceptors (Lipinski definition) is 5. The monoisotopic (exact) mass is 304 g/mol. The number of rotatable bonds is 5. The fourth-order valence-electron chi connectivity index (χ4n) is 1.94. The van der Waals surface area contributed by atoms with Crippen molar-refractivity contribution in [3.63, 3.8) is 0 Å². The van der Waals surface area contributed by atoms with Crippen LogP contribution in [-0.4, -0.2) is 30.6 Å². The normalized spacial score (nSPS) is 10.8. The Labute approximate surface area is 125 Å². The standard InChI is InChI=1S/C15H13FN2O2S/c1-19-11-3-2-10-8-14(21-13(10)9-11)12-4-5-15(18-17-12)20-7-6-16/h2-5,8-9H,6-7H2,1H3. The second-order valence-electron chi connectivity index (χ2n) is 4.31. The fourth-order valence-corrected chi connectivity index (χ4v) is 2.99. The molecule has 0 radical (unpaired) electrons. The van der Waals surface area contributed by atoms with E-state index in [0.717, 1.165) is 26.4 Å². The summed E-state index contributed by atoms with van der Waals surface area (Å²) in [6.45, 7) is -0.543. The van der Waals surface area contributed by atoms with Crippen molar-refractivity contribution < 1.29 is 13.9 Å². The van der Waals surface area contributed by atoms with Crippen LogP contribution in [0.1, 0.15) is 0 Å². The summed E-state index contributed by atoms with van der Waals surface area (Å²) >= 11 is 1.62. The number of alkyl halides is 1. The Hall–Kier alpha value is -2.21. The van der Waals surface area contributed by atoms with Gasteiger partial charge in [-0.15, -0.1) is 21.5 Å². The lowest BCUT2D eigenvalue weighted by atomic mass is 10.2. The van der Waals surface area contributed by atoms with Crippen LogP contribution in [0.2, 0.25) is 0 Å². The van der Waals surface area contributed by atoms with Crippen LogP contribution in [-0.2, 0) is 0 Å². The topological polar surface area (TPSA) is 44.2 Å². The Morgan fingerprint density at radius 1 is 1.14 bits per heavy atom. The molecule has 4 nitrogen and oxygen atoms in total. The first kappa shape index (κ1) is 13.8. The van der Waals surface area contributed by atoms with Gasteiger partial charge < -0.3 is 9.47 Å². The highest BCUT2D eigenvalue weighted by Gasteiger charge is 2.07. The van der Waals surface area contributed by atoms with Crippen LogP contribution in [0.4, 0.5) is 4.39 Å². The van der Waals surface area contributed by atoms with Crippen LogP contribution in [0.5, 0.6) is 11.6 Å². The van der Waals surface area contributed by atoms with Crippen LogP contribution in [0.15, 0.2) is 36.4 Å². The number of hydrogen-bond donors (Lipinski definition) is 0. The lowest BCUT2D eigenvalue weighted by molar-refractivity contribution is 0.262. The SMILES string of the molecule is COc1ccc2cc(-c3ccc(OCCF)nn3)sc2c1. The molecule has 0 atom stereocenters. The summed E-state index contributed by atoms with van der Waals surface area (Å²) in [5.41, 5.74) is 0.766. The molecule has 21 heavy (non-hydrogen) atoms. The van der Waals surface area contributed by atoms with Crippen LogP contribution in [0, 0.1) is 0 Å². The van der Waals surface area contributed by atoms with E-state index in [-0.39, 0.29) is 6.61 Å². The molecule has 0 aliphatic heterocycles. The first-order valence-corrected chi connectivity index (χ1v) is 7.22. The predicted molar refractivity (Wildman–Crippen MR) is 80.9 cm³/mol. The van der Waals surface area contributed by atoms with Gasteiger partial charge >= 0.3 is 0 Å². The van der Waals surface area contributed by atoms with Crippen molar-refractivity contribution in [2.24, 2.45) is 0 Å². The summed E-state index contributed by atoms with van der Waals surface area (Å²) in [6.07, 6.45) is 0. The Morgan fingerprint density at radius 3 is 2.76 bits per heavy atom. The van der Waals surface area contributed by atoms with E-state index in [4.69, 9.17) is 9.47 Å². The van der Waals surface area contributed by atoms with Gasteiger partial charge in [-0.05, 0) is 35.7 Å². The Kier molecular flexibility index (Phi) is 3.96. The van der Waals surface area contributed by atoms with E-state index in [1.165, 1.54) is 0 Å². The zero-order chi connectivity index (χ0) is 14.7. The minimum atomic E-state index is -0.540. The average Bonchev–Trinajstić information content (AvgIpc) is 2.96. The maximum atomic E-state index is 12.0. The molecule has 0 saturated carbocycles. The molecule has 0 amide bonds. The average molecular weight is 304 g/mol. The zero-order valence-corrected chi connectivity index (χ0v) is 12.2. The van der Waals surface area contributed by atoms with Crippen molar-refractivity contribution >= 4 is 21.4 Å². The van der Waals surface area contributed by atoms with Gasteiger partial charge in [-0.2, -0.15) is 0 Å². The molecule has 0 saturated heterocycles. The molecule has 6 heteroatoms.